The van der Waals surface area contributed by atoms with Gasteiger partial charge in [-0.15, -0.1) is 0 Å². The Morgan fingerprint density at radius 1 is 1.24 bits per heavy atom. The number of anilines is 1. The van der Waals surface area contributed by atoms with Crippen molar-refractivity contribution in [3.8, 4) is 0 Å². The first kappa shape index (κ1) is 15.0. The van der Waals surface area contributed by atoms with Gasteiger partial charge in [-0.2, -0.15) is 0 Å². The van der Waals surface area contributed by atoms with Crippen molar-refractivity contribution in [2.75, 3.05) is 18.4 Å². The molecule has 5 nitrogen and oxygen atoms in total. The van der Waals surface area contributed by atoms with Crippen LogP contribution in [0.5, 0.6) is 0 Å². The molecule has 0 unspecified atom stereocenters. The summed E-state index contributed by atoms with van der Waals surface area (Å²) in [5.41, 5.74) is 2.44. The Hall–Kier alpha value is -2.43. The maximum absolute atomic E-state index is 12.3. The fourth-order valence-electron chi connectivity index (χ4n) is 2.04. The Labute approximate surface area is 125 Å². The Bertz CT molecular complexity index is 582. The van der Waals surface area contributed by atoms with Crippen LogP contribution in [0.25, 0.3) is 0 Å². The van der Waals surface area contributed by atoms with Crippen molar-refractivity contribution in [1.82, 2.24) is 14.9 Å². The average Bonchev–Trinajstić information content (AvgIpc) is 2.55. The first-order valence-corrected chi connectivity index (χ1v) is 7.12. The molecule has 0 aliphatic carbocycles. The monoisotopic (exact) mass is 284 g/mol. The fraction of sp³-hybridized carbons (Fsp3) is 0.312. The molecule has 0 saturated carbocycles. The lowest BCUT2D eigenvalue weighted by molar-refractivity contribution is 0.0767. The first-order chi connectivity index (χ1) is 10.2. The molecule has 2 aromatic heterocycles. The lowest BCUT2D eigenvalue weighted by Crippen LogP contribution is -2.31. The zero-order valence-electron chi connectivity index (χ0n) is 12.4. The van der Waals surface area contributed by atoms with Crippen LogP contribution >= 0.6 is 0 Å². The first-order valence-electron chi connectivity index (χ1n) is 7.12. The van der Waals surface area contributed by atoms with Gasteiger partial charge in [0.25, 0.3) is 5.91 Å². The van der Waals surface area contributed by atoms with Crippen LogP contribution < -0.4 is 5.32 Å². The van der Waals surface area contributed by atoms with E-state index in [2.05, 4.69) is 15.3 Å². The SMILES string of the molecule is CCN(CC)C(=O)c1cc(NCc2cccnc2)ccn1. The van der Waals surface area contributed by atoms with E-state index in [0.29, 0.717) is 25.3 Å². The van der Waals surface area contributed by atoms with Crippen molar-refractivity contribution >= 4 is 11.6 Å². The molecule has 0 bridgehead atoms. The topological polar surface area (TPSA) is 58.1 Å². The van der Waals surface area contributed by atoms with Crippen LogP contribution in [0, 0.1) is 0 Å². The predicted molar refractivity (Wildman–Crippen MR) is 83.1 cm³/mol. The molecule has 0 spiro atoms. The third-order valence-corrected chi connectivity index (χ3v) is 3.25. The number of hydrogen-bond acceptors (Lipinski definition) is 4. The van der Waals surface area contributed by atoms with Crippen molar-refractivity contribution in [1.29, 1.82) is 0 Å². The van der Waals surface area contributed by atoms with E-state index in [1.165, 1.54) is 0 Å². The molecule has 0 radical (unpaired) electrons. The second kappa shape index (κ2) is 7.38. The van der Waals surface area contributed by atoms with Crippen LogP contribution in [0.15, 0.2) is 42.9 Å². The smallest absolute Gasteiger partial charge is 0.272 e. The molecule has 0 aliphatic rings. The van der Waals surface area contributed by atoms with Gasteiger partial charge in [0.1, 0.15) is 5.69 Å². The minimum absolute atomic E-state index is 0.0370. The van der Waals surface area contributed by atoms with E-state index >= 15 is 0 Å². The Morgan fingerprint density at radius 2 is 2.05 bits per heavy atom. The van der Waals surface area contributed by atoms with Crippen molar-refractivity contribution in [2.24, 2.45) is 0 Å². The van der Waals surface area contributed by atoms with Gasteiger partial charge in [0.2, 0.25) is 0 Å². The van der Waals surface area contributed by atoms with Crippen molar-refractivity contribution < 1.29 is 4.79 Å². The highest BCUT2D eigenvalue weighted by Gasteiger charge is 2.13. The second-order valence-corrected chi connectivity index (χ2v) is 4.62. The summed E-state index contributed by atoms with van der Waals surface area (Å²) in [5, 5.41) is 3.28. The van der Waals surface area contributed by atoms with Gasteiger partial charge >= 0.3 is 0 Å². The number of carbonyl (C=O) groups excluding carboxylic acids is 1. The minimum Gasteiger partial charge on any atom is -0.381 e. The van der Waals surface area contributed by atoms with Crippen LogP contribution in [0.3, 0.4) is 0 Å². The maximum atomic E-state index is 12.3. The number of rotatable bonds is 6. The van der Waals surface area contributed by atoms with E-state index in [4.69, 9.17) is 0 Å². The summed E-state index contributed by atoms with van der Waals surface area (Å²) in [4.78, 5) is 22.3. The molecule has 21 heavy (non-hydrogen) atoms. The number of carbonyl (C=O) groups is 1. The fourth-order valence-corrected chi connectivity index (χ4v) is 2.04. The summed E-state index contributed by atoms with van der Waals surface area (Å²) in [5.74, 6) is -0.0370. The van der Waals surface area contributed by atoms with Crippen molar-refractivity contribution in [2.45, 2.75) is 20.4 Å². The third kappa shape index (κ3) is 4.02. The molecule has 2 heterocycles. The van der Waals surface area contributed by atoms with Crippen LogP contribution in [0.2, 0.25) is 0 Å². The van der Waals surface area contributed by atoms with Gasteiger partial charge in [-0.1, -0.05) is 6.07 Å². The van der Waals surface area contributed by atoms with Crippen LogP contribution in [-0.4, -0.2) is 33.9 Å². The summed E-state index contributed by atoms with van der Waals surface area (Å²) in [6, 6.07) is 7.55. The van der Waals surface area contributed by atoms with Crippen molar-refractivity contribution in [3.63, 3.8) is 0 Å². The highest BCUT2D eigenvalue weighted by molar-refractivity contribution is 5.93. The Kier molecular flexibility index (Phi) is 5.26. The number of amides is 1. The largest absolute Gasteiger partial charge is 0.381 e. The maximum Gasteiger partial charge on any atom is 0.272 e. The van der Waals surface area contributed by atoms with Crippen LogP contribution in [0.4, 0.5) is 5.69 Å². The van der Waals surface area contributed by atoms with Gasteiger partial charge in [-0.25, -0.2) is 0 Å². The van der Waals surface area contributed by atoms with Crippen LogP contribution in [-0.2, 0) is 6.54 Å². The molecule has 0 saturated heterocycles. The van der Waals surface area contributed by atoms with Crippen molar-refractivity contribution in [3.05, 3.63) is 54.1 Å². The molecule has 1 N–H and O–H groups in total. The Balaban J connectivity index is 2.05. The van der Waals surface area contributed by atoms with E-state index in [1.54, 1.807) is 23.4 Å². The van der Waals surface area contributed by atoms with E-state index in [1.807, 2.05) is 38.2 Å². The number of nitrogens with zero attached hydrogens (tertiary/aromatic N) is 3. The second-order valence-electron chi connectivity index (χ2n) is 4.62. The summed E-state index contributed by atoms with van der Waals surface area (Å²) in [6.45, 7) is 5.96. The van der Waals surface area contributed by atoms with Gasteiger partial charge in [0.05, 0.1) is 0 Å². The molecule has 5 heteroatoms. The molecule has 1 amide bonds. The Morgan fingerprint density at radius 3 is 2.71 bits per heavy atom. The average molecular weight is 284 g/mol. The lowest BCUT2D eigenvalue weighted by Gasteiger charge is -2.18. The molecule has 2 rings (SSSR count). The standard InChI is InChI=1S/C16H20N4O/c1-3-20(4-2)16(21)15-10-14(7-9-18-15)19-12-13-6-5-8-17-11-13/h5-11H,3-4,12H2,1-2H3,(H,18,19). The highest BCUT2D eigenvalue weighted by Crippen LogP contribution is 2.11. The summed E-state index contributed by atoms with van der Waals surface area (Å²) in [6.07, 6.45) is 5.22. The minimum atomic E-state index is -0.0370. The lowest BCUT2D eigenvalue weighted by atomic mass is 10.2. The molecular formula is C16H20N4O. The summed E-state index contributed by atoms with van der Waals surface area (Å²) < 4.78 is 0. The molecule has 0 atom stereocenters. The summed E-state index contributed by atoms with van der Waals surface area (Å²) >= 11 is 0. The highest BCUT2D eigenvalue weighted by atomic mass is 16.2. The molecule has 0 aliphatic heterocycles. The van der Waals surface area contributed by atoms with E-state index in [0.717, 1.165) is 11.3 Å². The van der Waals surface area contributed by atoms with Crippen LogP contribution in [0.1, 0.15) is 29.9 Å². The zero-order valence-corrected chi connectivity index (χ0v) is 12.4. The van der Waals surface area contributed by atoms with E-state index in [-0.39, 0.29) is 5.91 Å². The zero-order chi connectivity index (χ0) is 15.1. The van der Waals surface area contributed by atoms with Gasteiger partial charge in [-0.3, -0.25) is 14.8 Å². The van der Waals surface area contributed by atoms with E-state index in [9.17, 15) is 4.79 Å². The van der Waals surface area contributed by atoms with E-state index < -0.39 is 0 Å². The predicted octanol–water partition coefficient (Wildman–Crippen LogP) is 2.57. The number of pyridine rings is 2. The molecule has 110 valence electrons. The molecule has 0 fully saturated rings. The number of nitrogens with one attached hydrogen (secondary N) is 1. The van der Waals surface area contributed by atoms with Gasteiger partial charge in [0, 0.05) is 43.9 Å². The van der Waals surface area contributed by atoms with Gasteiger partial charge in [-0.05, 0) is 37.6 Å². The molecule has 0 aromatic carbocycles. The third-order valence-electron chi connectivity index (χ3n) is 3.25. The number of hydrogen-bond donors (Lipinski definition) is 1. The molecular weight excluding hydrogens is 264 g/mol. The number of aromatic nitrogens is 2. The van der Waals surface area contributed by atoms with Gasteiger partial charge in [0.15, 0.2) is 0 Å². The van der Waals surface area contributed by atoms with Gasteiger partial charge < -0.3 is 10.2 Å². The quantitative estimate of drug-likeness (QED) is 0.885. The summed E-state index contributed by atoms with van der Waals surface area (Å²) in [7, 11) is 0. The normalized spacial score (nSPS) is 10.2. The molecule has 2 aromatic rings.